The molecule has 3 fully saturated rings. The fourth-order valence-corrected chi connectivity index (χ4v) is 6.43. The summed E-state index contributed by atoms with van der Waals surface area (Å²) in [6.07, 6.45) is 13.3. The van der Waals surface area contributed by atoms with Gasteiger partial charge >= 0.3 is 0 Å². The van der Waals surface area contributed by atoms with Crippen LogP contribution in [-0.4, -0.2) is 69.2 Å². The van der Waals surface area contributed by atoms with Crippen molar-refractivity contribution < 1.29 is 4.74 Å². The second-order valence-electron chi connectivity index (χ2n) is 10.1. The monoisotopic (exact) mass is 445 g/mol. The number of nitriles is 1. The SMILES string of the molecule is COCCC1(C#N)CC(N2C3CC[C@@H]2CN(c2ccnn4cc(-c5cnn(C)c5)cc24)C3)C1. The van der Waals surface area contributed by atoms with Crippen LogP contribution in [0.5, 0.6) is 0 Å². The molecule has 8 heteroatoms. The van der Waals surface area contributed by atoms with Gasteiger partial charge in [0, 0.05) is 81.7 Å². The molecule has 33 heavy (non-hydrogen) atoms. The molecule has 1 unspecified atom stereocenters. The lowest BCUT2D eigenvalue weighted by Crippen LogP contribution is -2.62. The number of rotatable bonds is 6. The van der Waals surface area contributed by atoms with Gasteiger partial charge in [-0.25, -0.2) is 4.52 Å². The van der Waals surface area contributed by atoms with Crippen LogP contribution in [0.2, 0.25) is 0 Å². The lowest BCUT2D eigenvalue weighted by Gasteiger charge is -2.53. The van der Waals surface area contributed by atoms with Gasteiger partial charge in [-0.05, 0) is 44.2 Å². The first-order valence-corrected chi connectivity index (χ1v) is 12.0. The number of piperazine rings is 1. The molecular weight excluding hydrogens is 414 g/mol. The summed E-state index contributed by atoms with van der Waals surface area (Å²) < 4.78 is 9.08. The zero-order valence-corrected chi connectivity index (χ0v) is 19.4. The summed E-state index contributed by atoms with van der Waals surface area (Å²) in [4.78, 5) is 5.32. The number of aryl methyl sites for hydroxylation is 1. The molecule has 0 N–H and O–H groups in total. The van der Waals surface area contributed by atoms with E-state index in [1.54, 1.807) is 7.11 Å². The van der Waals surface area contributed by atoms with E-state index in [9.17, 15) is 5.26 Å². The molecule has 0 radical (unpaired) electrons. The molecule has 172 valence electrons. The third kappa shape index (κ3) is 3.42. The van der Waals surface area contributed by atoms with Crippen LogP contribution in [0.3, 0.4) is 0 Å². The first-order chi connectivity index (χ1) is 16.1. The van der Waals surface area contributed by atoms with Crippen molar-refractivity contribution in [1.82, 2.24) is 24.3 Å². The molecule has 2 atom stereocenters. The molecule has 1 saturated carbocycles. The van der Waals surface area contributed by atoms with E-state index >= 15 is 0 Å². The fraction of sp³-hybridized carbons (Fsp3) is 0.560. The van der Waals surface area contributed by atoms with E-state index in [-0.39, 0.29) is 5.41 Å². The maximum atomic E-state index is 9.76. The lowest BCUT2D eigenvalue weighted by atomic mass is 9.63. The van der Waals surface area contributed by atoms with E-state index in [2.05, 4.69) is 44.4 Å². The van der Waals surface area contributed by atoms with Crippen LogP contribution in [0.25, 0.3) is 16.6 Å². The van der Waals surface area contributed by atoms with Crippen LogP contribution in [0.1, 0.15) is 32.1 Å². The molecule has 0 amide bonds. The number of aromatic nitrogens is 4. The van der Waals surface area contributed by atoms with Crippen LogP contribution in [0.15, 0.2) is 36.9 Å². The van der Waals surface area contributed by atoms with Gasteiger partial charge in [0.2, 0.25) is 0 Å². The highest BCUT2D eigenvalue weighted by atomic mass is 16.5. The van der Waals surface area contributed by atoms with E-state index in [4.69, 9.17) is 4.74 Å². The maximum absolute atomic E-state index is 9.76. The normalized spacial score (nSPS) is 29.4. The van der Waals surface area contributed by atoms with Crippen LogP contribution in [0.4, 0.5) is 5.69 Å². The minimum Gasteiger partial charge on any atom is -0.385 e. The van der Waals surface area contributed by atoms with Crippen LogP contribution >= 0.6 is 0 Å². The molecule has 2 saturated heterocycles. The quantitative estimate of drug-likeness (QED) is 0.581. The summed E-state index contributed by atoms with van der Waals surface area (Å²) in [5.41, 5.74) is 4.48. The molecule has 2 aliphatic heterocycles. The number of ether oxygens (including phenoxy) is 1. The third-order valence-corrected chi connectivity index (χ3v) is 8.10. The van der Waals surface area contributed by atoms with E-state index in [1.165, 1.54) is 18.5 Å². The lowest BCUT2D eigenvalue weighted by molar-refractivity contribution is -0.0146. The zero-order valence-electron chi connectivity index (χ0n) is 19.4. The Hall–Kier alpha value is -2.89. The molecule has 2 bridgehead atoms. The number of hydrogen-bond donors (Lipinski definition) is 0. The first-order valence-electron chi connectivity index (χ1n) is 12.0. The molecule has 3 aromatic rings. The molecule has 3 aromatic heterocycles. The summed E-state index contributed by atoms with van der Waals surface area (Å²) in [7, 11) is 3.67. The molecule has 0 aromatic carbocycles. The van der Waals surface area contributed by atoms with Gasteiger partial charge in [-0.1, -0.05) is 0 Å². The van der Waals surface area contributed by atoms with Crippen molar-refractivity contribution in [2.45, 2.75) is 50.2 Å². The predicted octanol–water partition coefficient (Wildman–Crippen LogP) is 3.10. The molecule has 6 rings (SSSR count). The average molecular weight is 446 g/mol. The second kappa shape index (κ2) is 7.86. The Bertz CT molecular complexity index is 1190. The first kappa shape index (κ1) is 20.7. The van der Waals surface area contributed by atoms with Gasteiger partial charge in [-0.3, -0.25) is 9.58 Å². The van der Waals surface area contributed by atoms with E-state index < -0.39 is 0 Å². The number of nitrogens with zero attached hydrogens (tertiary/aromatic N) is 7. The number of hydrogen-bond acceptors (Lipinski definition) is 6. The van der Waals surface area contributed by atoms with Crippen molar-refractivity contribution in [2.24, 2.45) is 12.5 Å². The van der Waals surface area contributed by atoms with Crippen LogP contribution < -0.4 is 4.90 Å². The van der Waals surface area contributed by atoms with Crippen LogP contribution in [0, 0.1) is 16.7 Å². The average Bonchev–Trinajstić information content (AvgIpc) is 3.48. The largest absolute Gasteiger partial charge is 0.385 e. The van der Waals surface area contributed by atoms with Gasteiger partial charge in [0.1, 0.15) is 0 Å². The van der Waals surface area contributed by atoms with Gasteiger partial charge in [0.15, 0.2) is 0 Å². The van der Waals surface area contributed by atoms with Gasteiger partial charge in [0.25, 0.3) is 0 Å². The van der Waals surface area contributed by atoms with Crippen molar-refractivity contribution in [2.75, 3.05) is 31.7 Å². The number of anilines is 1. The minimum atomic E-state index is -0.177. The highest BCUT2D eigenvalue weighted by molar-refractivity contribution is 5.79. The number of methoxy groups -OCH3 is 1. The summed E-state index contributed by atoms with van der Waals surface area (Å²) in [6, 6.07) is 8.67. The second-order valence-corrected chi connectivity index (χ2v) is 10.1. The van der Waals surface area contributed by atoms with Crippen LogP contribution in [-0.2, 0) is 11.8 Å². The third-order valence-electron chi connectivity index (χ3n) is 8.10. The Kier molecular flexibility index (Phi) is 4.93. The zero-order chi connectivity index (χ0) is 22.6. The smallest absolute Gasteiger partial charge is 0.0886 e. The minimum absolute atomic E-state index is 0.177. The van der Waals surface area contributed by atoms with Crippen molar-refractivity contribution in [3.05, 3.63) is 36.9 Å². The fourth-order valence-electron chi connectivity index (χ4n) is 6.43. The van der Waals surface area contributed by atoms with Gasteiger partial charge < -0.3 is 9.64 Å². The van der Waals surface area contributed by atoms with Crippen molar-refractivity contribution in [3.63, 3.8) is 0 Å². The van der Waals surface area contributed by atoms with E-state index in [0.717, 1.165) is 49.0 Å². The Morgan fingerprint density at radius 3 is 2.58 bits per heavy atom. The van der Waals surface area contributed by atoms with Crippen molar-refractivity contribution in [1.29, 1.82) is 5.26 Å². The molecule has 5 heterocycles. The Balaban J connectivity index is 1.21. The molecular formula is C25H31N7O. The number of fused-ring (bicyclic) bond motifs is 3. The molecule has 0 spiro atoms. The van der Waals surface area contributed by atoms with Crippen molar-refractivity contribution >= 4 is 11.2 Å². The molecule has 1 aliphatic carbocycles. The summed E-state index contributed by atoms with van der Waals surface area (Å²) in [6.45, 7) is 2.76. The highest BCUT2D eigenvalue weighted by Gasteiger charge is 2.52. The summed E-state index contributed by atoms with van der Waals surface area (Å²) in [5, 5.41) is 18.6. The summed E-state index contributed by atoms with van der Waals surface area (Å²) in [5.74, 6) is 0. The summed E-state index contributed by atoms with van der Waals surface area (Å²) >= 11 is 0. The van der Waals surface area contributed by atoms with Gasteiger partial charge in [0.05, 0.1) is 28.9 Å². The van der Waals surface area contributed by atoms with Gasteiger partial charge in [-0.2, -0.15) is 15.5 Å². The molecule has 3 aliphatic rings. The Morgan fingerprint density at radius 1 is 1.12 bits per heavy atom. The van der Waals surface area contributed by atoms with E-state index in [0.29, 0.717) is 24.7 Å². The predicted molar refractivity (Wildman–Crippen MR) is 126 cm³/mol. The highest BCUT2D eigenvalue weighted by Crippen LogP contribution is 2.50. The standard InChI is InChI=1S/C25H31N7O/c1-29-13-19(12-28-29)18-9-24-23(5-7-27-31(24)14-18)30-15-20-3-4-21(16-30)32(20)22-10-25(11-22,17-26)6-8-33-2/h5,7,9,12-14,20-22H,3-4,6,8,10-11,15-16H2,1-2H3/t20-,21?,22?,25?/m1/s1. The Morgan fingerprint density at radius 2 is 1.91 bits per heavy atom. The maximum Gasteiger partial charge on any atom is 0.0886 e. The molecule has 8 nitrogen and oxygen atoms in total. The Labute approximate surface area is 194 Å². The topological polar surface area (TPSA) is 74.6 Å². The van der Waals surface area contributed by atoms with Gasteiger partial charge in [-0.15, -0.1) is 0 Å². The van der Waals surface area contributed by atoms with E-state index in [1.807, 2.05) is 34.8 Å². The van der Waals surface area contributed by atoms with Crippen molar-refractivity contribution in [3.8, 4) is 17.2 Å².